The van der Waals surface area contributed by atoms with Gasteiger partial charge >= 0.3 is 6.03 Å². The molecule has 3 saturated heterocycles. The van der Waals surface area contributed by atoms with Gasteiger partial charge < -0.3 is 19.1 Å². The molecule has 4 aliphatic heterocycles. The number of urea groups is 1. The number of carbonyl (C=O) groups excluding carboxylic acids is 4. The third-order valence-corrected chi connectivity index (χ3v) is 7.95. The zero-order valence-electron chi connectivity index (χ0n) is 20.5. The molecule has 2 N–H and O–H groups in total. The quantitative estimate of drug-likeness (QED) is 0.528. The Morgan fingerprint density at radius 3 is 2.45 bits per heavy atom. The number of amides is 5. The molecule has 0 bridgehead atoms. The smallest absolute Gasteiger partial charge is 0.328 e. The lowest BCUT2D eigenvalue weighted by molar-refractivity contribution is -0.153. The summed E-state index contributed by atoms with van der Waals surface area (Å²) in [4.78, 5) is 54.4. The van der Waals surface area contributed by atoms with Crippen molar-refractivity contribution in [2.24, 2.45) is 5.41 Å². The van der Waals surface area contributed by atoms with Gasteiger partial charge in [0.15, 0.2) is 16.9 Å². The molecule has 0 aliphatic carbocycles. The van der Waals surface area contributed by atoms with Gasteiger partial charge in [0.1, 0.15) is 0 Å². The van der Waals surface area contributed by atoms with E-state index in [9.17, 15) is 28.0 Å². The molecule has 3 fully saturated rings. The summed E-state index contributed by atoms with van der Waals surface area (Å²) in [6, 6.07) is -0.470. The monoisotopic (exact) mass is 535 g/mol. The number of piperidine rings is 1. The molecule has 6 rings (SSSR count). The molecule has 0 saturated carbocycles. The Morgan fingerprint density at radius 1 is 1.13 bits per heavy atom. The number of nitrogens with one attached hydrogen (secondary N) is 2. The van der Waals surface area contributed by atoms with Crippen LogP contribution in [0, 0.1) is 11.2 Å². The summed E-state index contributed by atoms with van der Waals surface area (Å²) >= 11 is 0. The molecular formula is C24H24F3N5O6. The van der Waals surface area contributed by atoms with Crippen LogP contribution in [0.15, 0.2) is 10.6 Å². The van der Waals surface area contributed by atoms with E-state index in [0.29, 0.717) is 0 Å². The lowest BCUT2D eigenvalue weighted by Gasteiger charge is -2.55. The van der Waals surface area contributed by atoms with Crippen LogP contribution in [0.2, 0.25) is 0 Å². The van der Waals surface area contributed by atoms with Crippen LogP contribution in [0.1, 0.15) is 42.7 Å². The summed E-state index contributed by atoms with van der Waals surface area (Å²) < 4.78 is 54.5. The lowest BCUT2D eigenvalue weighted by Crippen LogP contribution is -2.75. The molecule has 1 aromatic carbocycles. The maximum absolute atomic E-state index is 16.1. The number of hydrogen-bond donors (Lipinski definition) is 2. The van der Waals surface area contributed by atoms with Crippen LogP contribution in [0.4, 0.5) is 23.7 Å². The van der Waals surface area contributed by atoms with Crippen LogP contribution >= 0.6 is 0 Å². The second-order valence-corrected chi connectivity index (χ2v) is 10.4. The molecule has 14 heteroatoms. The highest BCUT2D eigenvalue weighted by Crippen LogP contribution is 2.49. The van der Waals surface area contributed by atoms with E-state index in [1.54, 1.807) is 18.7 Å². The zero-order valence-corrected chi connectivity index (χ0v) is 20.5. The second-order valence-electron chi connectivity index (χ2n) is 10.4. The molecule has 2 aromatic rings. The Hall–Kier alpha value is -3.68. The number of nitrogens with zero attached hydrogens (tertiary/aromatic N) is 3. The van der Waals surface area contributed by atoms with Crippen molar-refractivity contribution in [3.63, 3.8) is 0 Å². The van der Waals surface area contributed by atoms with Crippen LogP contribution in [0.25, 0.3) is 11.0 Å². The first kappa shape index (κ1) is 24.6. The highest BCUT2D eigenvalue weighted by Gasteiger charge is 2.63. The number of morpholine rings is 1. The van der Waals surface area contributed by atoms with Gasteiger partial charge in [0, 0.05) is 38.9 Å². The maximum atomic E-state index is 16.1. The fraction of sp³-hybridized carbons (Fsp3) is 0.542. The minimum absolute atomic E-state index is 0.000702. The molecule has 4 aliphatic rings. The fourth-order valence-corrected chi connectivity index (χ4v) is 6.29. The van der Waals surface area contributed by atoms with Crippen LogP contribution in [0.3, 0.4) is 0 Å². The van der Waals surface area contributed by atoms with Crippen molar-refractivity contribution in [2.45, 2.75) is 57.3 Å². The minimum Gasteiger partial charge on any atom is -0.372 e. The van der Waals surface area contributed by atoms with Gasteiger partial charge in [0.25, 0.3) is 11.8 Å². The van der Waals surface area contributed by atoms with Crippen molar-refractivity contribution in [1.82, 2.24) is 20.7 Å². The van der Waals surface area contributed by atoms with Gasteiger partial charge in [0.05, 0.1) is 29.3 Å². The van der Waals surface area contributed by atoms with Crippen molar-refractivity contribution in [2.75, 3.05) is 24.5 Å². The molecule has 38 heavy (non-hydrogen) atoms. The third kappa shape index (κ3) is 3.42. The van der Waals surface area contributed by atoms with Gasteiger partial charge in [-0.1, -0.05) is 5.16 Å². The van der Waals surface area contributed by atoms with Crippen molar-refractivity contribution < 1.29 is 41.6 Å². The summed E-state index contributed by atoms with van der Waals surface area (Å²) in [5, 5.41) is 8.08. The number of carbonyl (C=O) groups is 4. The molecule has 5 amide bonds. The average molecular weight is 535 g/mol. The first-order chi connectivity index (χ1) is 17.9. The number of fused-ring (bicyclic) bond motifs is 5. The Labute approximate surface area is 213 Å². The highest BCUT2D eigenvalue weighted by molar-refractivity contribution is 6.20. The van der Waals surface area contributed by atoms with E-state index in [0.717, 1.165) is 0 Å². The van der Waals surface area contributed by atoms with Gasteiger partial charge in [-0.2, -0.15) is 0 Å². The van der Waals surface area contributed by atoms with Crippen LogP contribution in [-0.4, -0.2) is 77.6 Å². The molecule has 1 spiro atoms. The largest absolute Gasteiger partial charge is 0.372 e. The number of hydrogen-bond acceptors (Lipinski definition) is 8. The summed E-state index contributed by atoms with van der Waals surface area (Å²) in [5.41, 5.74) is -2.07. The van der Waals surface area contributed by atoms with E-state index in [2.05, 4.69) is 15.8 Å². The molecule has 11 nitrogen and oxygen atoms in total. The van der Waals surface area contributed by atoms with Crippen molar-refractivity contribution >= 4 is 40.4 Å². The number of ether oxygens (including phenoxy) is 1. The van der Waals surface area contributed by atoms with Crippen molar-refractivity contribution in [3.05, 3.63) is 23.1 Å². The molecule has 0 radical (unpaired) electrons. The SMILES string of the molecule is C[C@@H]1CN2c3c(cc4c(C(=O)N5CCC(F)(F)CC5)noc4c3F)CC3(C(=O)NC(=O)NC3=O)[C@H]2[C@H](C)O1. The Bertz CT molecular complexity index is 1380. The van der Waals surface area contributed by atoms with E-state index in [1.807, 2.05) is 0 Å². The van der Waals surface area contributed by atoms with Gasteiger partial charge in [-0.3, -0.25) is 25.0 Å². The van der Waals surface area contributed by atoms with Gasteiger partial charge in [-0.15, -0.1) is 0 Å². The molecule has 3 atom stereocenters. The van der Waals surface area contributed by atoms with E-state index < -0.39 is 65.9 Å². The number of aromatic nitrogens is 1. The number of likely N-dealkylation sites (tertiary alicyclic amines) is 1. The van der Waals surface area contributed by atoms with Crippen molar-refractivity contribution in [1.29, 1.82) is 0 Å². The summed E-state index contributed by atoms with van der Waals surface area (Å²) in [6.07, 6.45) is -2.38. The topological polar surface area (TPSA) is 134 Å². The van der Waals surface area contributed by atoms with E-state index in [4.69, 9.17) is 9.26 Å². The molecule has 0 unspecified atom stereocenters. The normalized spacial score (nSPS) is 28.1. The van der Waals surface area contributed by atoms with Crippen LogP contribution in [-0.2, 0) is 20.7 Å². The molecular weight excluding hydrogens is 511 g/mol. The minimum atomic E-state index is -2.87. The first-order valence-electron chi connectivity index (χ1n) is 12.3. The molecule has 202 valence electrons. The third-order valence-electron chi connectivity index (χ3n) is 7.95. The standard InChI is InChI=1S/C24H24F3N5O6/c1-10-9-32-16-12(8-24(18(32)11(2)37-10)20(34)28-22(36)29-21(24)35)7-13-15(30-38-17(13)14(16)25)19(33)31-5-3-23(26,27)4-6-31/h7,10-11,18H,3-6,8-9H2,1-2H3,(H2,28,29,34,35,36)/t10-,11+,18-/m1/s1. The Balaban J connectivity index is 1.48. The maximum Gasteiger partial charge on any atom is 0.328 e. The molecule has 5 heterocycles. The van der Waals surface area contributed by atoms with Gasteiger partial charge in [-0.25, -0.2) is 18.0 Å². The van der Waals surface area contributed by atoms with E-state index in [-0.39, 0.29) is 60.1 Å². The number of rotatable bonds is 1. The summed E-state index contributed by atoms with van der Waals surface area (Å²) in [5.74, 6) is -6.06. The number of alkyl halides is 2. The summed E-state index contributed by atoms with van der Waals surface area (Å²) in [6.45, 7) is 3.16. The highest BCUT2D eigenvalue weighted by atomic mass is 19.3. The number of imide groups is 2. The van der Waals surface area contributed by atoms with Crippen LogP contribution < -0.4 is 15.5 Å². The Kier molecular flexibility index (Phi) is 5.29. The lowest BCUT2D eigenvalue weighted by atomic mass is 9.66. The van der Waals surface area contributed by atoms with E-state index >= 15 is 4.39 Å². The number of anilines is 1. The summed E-state index contributed by atoms with van der Waals surface area (Å²) in [7, 11) is 0. The van der Waals surface area contributed by atoms with Crippen LogP contribution in [0.5, 0.6) is 0 Å². The van der Waals surface area contributed by atoms with E-state index in [1.165, 1.54) is 11.0 Å². The first-order valence-corrected chi connectivity index (χ1v) is 12.3. The number of benzene rings is 1. The van der Waals surface area contributed by atoms with Gasteiger partial charge in [-0.05, 0) is 25.5 Å². The Morgan fingerprint density at radius 2 is 1.79 bits per heavy atom. The zero-order chi connectivity index (χ0) is 27.1. The predicted octanol–water partition coefficient (Wildman–Crippen LogP) is 1.73. The number of barbiturate groups is 1. The predicted molar refractivity (Wildman–Crippen MR) is 123 cm³/mol. The number of halogens is 3. The second kappa shape index (κ2) is 8.16. The molecule has 1 aromatic heterocycles. The fourth-order valence-electron chi connectivity index (χ4n) is 6.29. The van der Waals surface area contributed by atoms with Gasteiger partial charge in [0.2, 0.25) is 17.4 Å². The van der Waals surface area contributed by atoms with Crippen molar-refractivity contribution in [3.8, 4) is 0 Å². The average Bonchev–Trinajstić information content (AvgIpc) is 3.25.